The maximum Gasteiger partial charge on any atom is 0.166 e. The first kappa shape index (κ1) is 13.4. The van der Waals surface area contributed by atoms with E-state index in [1.807, 2.05) is 6.07 Å². The van der Waals surface area contributed by atoms with Crippen LogP contribution in [0.4, 0.5) is 4.39 Å². The molecule has 19 heavy (non-hydrogen) atoms. The molecular weight excluding hydrogens is 269 g/mol. The number of hydrogen-bond acceptors (Lipinski definition) is 3. The summed E-state index contributed by atoms with van der Waals surface area (Å²) >= 11 is 6.07. The lowest BCUT2D eigenvalue weighted by Crippen LogP contribution is -2.04. The first-order valence-electron chi connectivity index (χ1n) is 5.53. The van der Waals surface area contributed by atoms with E-state index in [2.05, 4.69) is 5.10 Å². The fourth-order valence-electron chi connectivity index (χ4n) is 1.67. The molecule has 2 rings (SSSR count). The van der Waals surface area contributed by atoms with Crippen molar-refractivity contribution in [2.75, 3.05) is 0 Å². The monoisotopic (exact) mass is 279 g/mol. The summed E-state index contributed by atoms with van der Waals surface area (Å²) in [5, 5.41) is 13.3. The average Bonchev–Trinajstić information content (AvgIpc) is 2.62. The van der Waals surface area contributed by atoms with Crippen LogP contribution in [0.3, 0.4) is 0 Å². The Balaban J connectivity index is 2.17. The summed E-state index contributed by atoms with van der Waals surface area (Å²) in [5.41, 5.74) is 1.62. The molecule has 0 saturated carbocycles. The number of benzene rings is 1. The molecule has 0 aliphatic rings. The van der Waals surface area contributed by atoms with Crippen LogP contribution in [0.1, 0.15) is 17.0 Å². The van der Waals surface area contributed by atoms with Crippen molar-refractivity contribution >= 4 is 11.6 Å². The lowest BCUT2D eigenvalue weighted by Gasteiger charge is -2.08. The molecule has 0 spiro atoms. The Morgan fingerprint density at radius 3 is 2.79 bits per heavy atom. The molecule has 0 N–H and O–H groups in total. The second kappa shape index (κ2) is 5.29. The Kier molecular flexibility index (Phi) is 3.72. The van der Waals surface area contributed by atoms with E-state index < -0.39 is 5.82 Å². The maximum absolute atomic E-state index is 13.6. The van der Waals surface area contributed by atoms with Gasteiger partial charge in [0.25, 0.3) is 0 Å². The van der Waals surface area contributed by atoms with Gasteiger partial charge < -0.3 is 4.74 Å². The van der Waals surface area contributed by atoms with Gasteiger partial charge in [-0.3, -0.25) is 4.68 Å². The number of aryl methyl sites for hydroxylation is 2. The topological polar surface area (TPSA) is 50.8 Å². The van der Waals surface area contributed by atoms with Gasteiger partial charge in [-0.25, -0.2) is 4.39 Å². The molecular formula is C13H11ClFN3O. The summed E-state index contributed by atoms with van der Waals surface area (Å²) in [6.45, 7) is 1.90. The third-order valence-corrected chi connectivity index (χ3v) is 3.18. The van der Waals surface area contributed by atoms with Crippen LogP contribution in [0.5, 0.6) is 5.75 Å². The smallest absolute Gasteiger partial charge is 0.166 e. The summed E-state index contributed by atoms with van der Waals surface area (Å²) in [4.78, 5) is 0. The van der Waals surface area contributed by atoms with Crippen molar-refractivity contribution in [3.05, 3.63) is 46.0 Å². The third kappa shape index (κ3) is 2.69. The first-order valence-corrected chi connectivity index (χ1v) is 5.91. The van der Waals surface area contributed by atoms with Crippen LogP contribution in [0.25, 0.3) is 0 Å². The molecule has 0 saturated heterocycles. The van der Waals surface area contributed by atoms with E-state index in [1.54, 1.807) is 18.7 Å². The van der Waals surface area contributed by atoms with Gasteiger partial charge in [0.1, 0.15) is 6.61 Å². The minimum atomic E-state index is -0.575. The molecule has 0 fully saturated rings. The average molecular weight is 280 g/mol. The van der Waals surface area contributed by atoms with Crippen LogP contribution in [0, 0.1) is 24.1 Å². The van der Waals surface area contributed by atoms with Gasteiger partial charge in [0.05, 0.1) is 28.0 Å². The van der Waals surface area contributed by atoms with E-state index in [9.17, 15) is 4.39 Å². The maximum atomic E-state index is 13.6. The van der Waals surface area contributed by atoms with Crippen LogP contribution in [0.2, 0.25) is 5.02 Å². The van der Waals surface area contributed by atoms with Crippen LogP contribution < -0.4 is 4.74 Å². The van der Waals surface area contributed by atoms with Crippen LogP contribution in [-0.2, 0) is 13.7 Å². The van der Waals surface area contributed by atoms with E-state index >= 15 is 0 Å². The van der Waals surface area contributed by atoms with E-state index in [-0.39, 0.29) is 17.9 Å². The van der Waals surface area contributed by atoms with Crippen molar-refractivity contribution < 1.29 is 9.13 Å². The summed E-state index contributed by atoms with van der Waals surface area (Å²) in [7, 11) is 1.74. The van der Waals surface area contributed by atoms with Crippen LogP contribution in [0.15, 0.2) is 18.2 Å². The molecule has 4 nitrogen and oxygen atoms in total. The number of ether oxygens (including phenoxy) is 1. The number of nitriles is 1. The van der Waals surface area contributed by atoms with Crippen molar-refractivity contribution in [1.82, 2.24) is 9.78 Å². The Labute approximate surface area is 115 Å². The van der Waals surface area contributed by atoms with Gasteiger partial charge in [0, 0.05) is 7.05 Å². The molecule has 0 atom stereocenters. The first-order chi connectivity index (χ1) is 9.02. The standard InChI is InChI=1S/C13H11ClFN3O/c1-8-13(14)11(18(2)17-8)7-19-12-4-3-9(6-16)5-10(12)15/h3-5H,7H2,1-2H3. The highest BCUT2D eigenvalue weighted by molar-refractivity contribution is 6.31. The molecule has 0 bridgehead atoms. The van der Waals surface area contributed by atoms with E-state index in [4.69, 9.17) is 21.6 Å². The number of aromatic nitrogens is 2. The molecule has 0 aliphatic heterocycles. The quantitative estimate of drug-likeness (QED) is 0.868. The van der Waals surface area contributed by atoms with E-state index in [0.29, 0.717) is 16.4 Å². The van der Waals surface area contributed by atoms with Gasteiger partial charge in [-0.05, 0) is 25.1 Å². The van der Waals surface area contributed by atoms with Crippen molar-refractivity contribution in [1.29, 1.82) is 5.26 Å². The molecule has 0 unspecified atom stereocenters. The number of halogens is 2. The fourth-order valence-corrected chi connectivity index (χ4v) is 1.89. The lowest BCUT2D eigenvalue weighted by atomic mass is 10.2. The Morgan fingerprint density at radius 2 is 2.26 bits per heavy atom. The van der Waals surface area contributed by atoms with Gasteiger partial charge in [0.15, 0.2) is 11.6 Å². The highest BCUT2D eigenvalue weighted by Gasteiger charge is 2.13. The molecule has 6 heteroatoms. The summed E-state index contributed by atoms with van der Waals surface area (Å²) in [6.07, 6.45) is 0. The lowest BCUT2D eigenvalue weighted by molar-refractivity contribution is 0.280. The van der Waals surface area contributed by atoms with Gasteiger partial charge in [-0.2, -0.15) is 10.4 Å². The molecule has 98 valence electrons. The number of nitrogens with zero attached hydrogens (tertiary/aromatic N) is 3. The van der Waals surface area contributed by atoms with Crippen LogP contribution in [-0.4, -0.2) is 9.78 Å². The SMILES string of the molecule is Cc1nn(C)c(COc2ccc(C#N)cc2F)c1Cl. The molecule has 0 amide bonds. The fraction of sp³-hybridized carbons (Fsp3) is 0.231. The Bertz CT molecular complexity index is 661. The van der Waals surface area contributed by atoms with Crippen molar-refractivity contribution in [3.8, 4) is 11.8 Å². The minimum Gasteiger partial charge on any atom is -0.484 e. The van der Waals surface area contributed by atoms with Crippen molar-refractivity contribution in [2.24, 2.45) is 7.05 Å². The summed E-state index contributed by atoms with van der Waals surface area (Å²) in [5.74, 6) is -0.497. The predicted molar refractivity (Wildman–Crippen MR) is 68.4 cm³/mol. The van der Waals surface area contributed by atoms with Gasteiger partial charge in [-0.1, -0.05) is 11.6 Å². The molecule has 0 radical (unpaired) electrons. The van der Waals surface area contributed by atoms with Gasteiger partial charge >= 0.3 is 0 Å². The summed E-state index contributed by atoms with van der Waals surface area (Å²) < 4.78 is 20.6. The van der Waals surface area contributed by atoms with Crippen molar-refractivity contribution in [2.45, 2.75) is 13.5 Å². The minimum absolute atomic E-state index is 0.0777. The number of rotatable bonds is 3. The van der Waals surface area contributed by atoms with Crippen LogP contribution >= 0.6 is 11.6 Å². The number of hydrogen-bond donors (Lipinski definition) is 0. The zero-order chi connectivity index (χ0) is 14.0. The highest BCUT2D eigenvalue weighted by atomic mass is 35.5. The Hall–Kier alpha value is -2.06. The predicted octanol–water partition coefficient (Wildman–Crippen LogP) is 2.97. The molecule has 2 aromatic rings. The molecule has 0 aliphatic carbocycles. The summed E-state index contributed by atoms with van der Waals surface area (Å²) in [6, 6.07) is 5.91. The zero-order valence-electron chi connectivity index (χ0n) is 10.4. The van der Waals surface area contributed by atoms with Gasteiger partial charge in [-0.15, -0.1) is 0 Å². The second-order valence-electron chi connectivity index (χ2n) is 4.02. The van der Waals surface area contributed by atoms with E-state index in [1.165, 1.54) is 12.1 Å². The second-order valence-corrected chi connectivity index (χ2v) is 4.39. The van der Waals surface area contributed by atoms with Gasteiger partial charge in [0.2, 0.25) is 0 Å². The third-order valence-electron chi connectivity index (χ3n) is 2.69. The molecule has 1 aromatic heterocycles. The molecule has 1 aromatic carbocycles. The zero-order valence-corrected chi connectivity index (χ0v) is 11.2. The highest BCUT2D eigenvalue weighted by Crippen LogP contribution is 2.23. The largest absolute Gasteiger partial charge is 0.484 e. The Morgan fingerprint density at radius 1 is 1.53 bits per heavy atom. The molecule has 1 heterocycles. The normalized spacial score (nSPS) is 10.3. The van der Waals surface area contributed by atoms with E-state index in [0.717, 1.165) is 6.07 Å². The van der Waals surface area contributed by atoms with Crippen molar-refractivity contribution in [3.63, 3.8) is 0 Å².